The Balaban J connectivity index is 1.59. The number of aromatic amines is 1. The van der Waals surface area contributed by atoms with Crippen molar-refractivity contribution in [3.63, 3.8) is 0 Å². The van der Waals surface area contributed by atoms with Crippen LogP contribution in [0.4, 0.5) is 4.39 Å². The number of piperidine rings is 1. The van der Waals surface area contributed by atoms with Crippen molar-refractivity contribution in [2.24, 2.45) is 22.7 Å². The summed E-state index contributed by atoms with van der Waals surface area (Å²) in [5.74, 6) is -3.45. The molecule has 240 valence electrons. The van der Waals surface area contributed by atoms with Crippen molar-refractivity contribution >= 4 is 51.9 Å². The van der Waals surface area contributed by atoms with Crippen molar-refractivity contribution in [1.82, 2.24) is 25.8 Å². The highest BCUT2D eigenvalue weighted by Gasteiger charge is 2.54. The Bertz CT molecular complexity index is 1450. The molecule has 0 spiro atoms. The number of aromatic nitrogens is 1. The van der Waals surface area contributed by atoms with Crippen LogP contribution in [-0.2, 0) is 19.2 Å². The lowest BCUT2D eigenvalue weighted by Crippen LogP contribution is -2.60. The van der Waals surface area contributed by atoms with Gasteiger partial charge in [-0.2, -0.15) is 0 Å². The lowest BCUT2D eigenvalue weighted by atomic mass is 9.77. The summed E-state index contributed by atoms with van der Waals surface area (Å²) in [6, 6.07) is 2.92. The minimum atomic E-state index is -1.03. The molecule has 1 aromatic heterocycles. The third kappa shape index (κ3) is 6.77. The standard InChI is InChI=1S/C32H43ClFN5O5/c1-17-16-39(26(32(17,5)6)29(43)37-22(24(40)15-33)13-18-9-8-12-35-27(18)41)30(44)25(31(2,3)4)38-28(42)23-14-19-20(34)10-7-11-21(19)36-23/h7,10-11,14,17-18,22,25-26,36H,8-9,12-13,15-16H2,1-6H3,(H,35,41)(H,37,43)(H,38,42)/t17-,18+,22+,25-,26-/m1/s1. The Morgan fingerprint density at radius 1 is 1.18 bits per heavy atom. The number of nitrogens with one attached hydrogen (secondary N) is 4. The molecular weight excluding hydrogens is 589 g/mol. The lowest BCUT2D eigenvalue weighted by molar-refractivity contribution is -0.144. The molecule has 4 amide bonds. The van der Waals surface area contributed by atoms with E-state index in [1.165, 1.54) is 23.1 Å². The molecule has 0 aliphatic carbocycles. The zero-order valence-corrected chi connectivity index (χ0v) is 26.9. The number of carbonyl (C=O) groups excluding carboxylic acids is 5. The maximum absolute atomic E-state index is 14.3. The average Bonchev–Trinajstić information content (AvgIpc) is 3.50. The summed E-state index contributed by atoms with van der Waals surface area (Å²) < 4.78 is 14.3. The van der Waals surface area contributed by atoms with E-state index in [1.54, 1.807) is 6.07 Å². The van der Waals surface area contributed by atoms with E-state index in [0.29, 0.717) is 18.5 Å². The van der Waals surface area contributed by atoms with Gasteiger partial charge >= 0.3 is 0 Å². The molecule has 2 aromatic rings. The van der Waals surface area contributed by atoms with Gasteiger partial charge in [-0.25, -0.2) is 4.39 Å². The molecule has 5 atom stereocenters. The molecule has 2 saturated heterocycles. The summed E-state index contributed by atoms with van der Waals surface area (Å²) in [5.41, 5.74) is -0.887. The van der Waals surface area contributed by atoms with Gasteiger partial charge in [-0.15, -0.1) is 11.6 Å². The first-order valence-corrected chi connectivity index (χ1v) is 15.6. The van der Waals surface area contributed by atoms with Crippen molar-refractivity contribution < 1.29 is 28.4 Å². The maximum atomic E-state index is 14.3. The number of alkyl halides is 1. The average molecular weight is 632 g/mol. The second-order valence-electron chi connectivity index (χ2n) is 13.8. The fourth-order valence-corrected chi connectivity index (χ4v) is 6.41. The highest BCUT2D eigenvalue weighted by molar-refractivity contribution is 6.28. The first-order valence-electron chi connectivity index (χ1n) is 15.1. The lowest BCUT2D eigenvalue weighted by Gasteiger charge is -2.38. The normalized spacial score (nSPS) is 23.1. The minimum absolute atomic E-state index is 0.0958. The Hall–Kier alpha value is -3.47. The van der Waals surface area contributed by atoms with Gasteiger partial charge in [0, 0.05) is 29.9 Å². The van der Waals surface area contributed by atoms with Gasteiger partial charge in [0.05, 0.1) is 11.9 Å². The van der Waals surface area contributed by atoms with E-state index < -0.39 is 64.2 Å². The molecule has 4 rings (SSSR count). The molecular formula is C32H43ClFN5O5. The van der Waals surface area contributed by atoms with Crippen LogP contribution in [0, 0.1) is 28.5 Å². The molecule has 1 aromatic carbocycles. The number of Topliss-reactive ketones (excluding diaryl/α,β-unsaturated/α-hetero) is 1. The predicted molar refractivity (Wildman–Crippen MR) is 165 cm³/mol. The highest BCUT2D eigenvalue weighted by Crippen LogP contribution is 2.42. The minimum Gasteiger partial charge on any atom is -0.356 e. The van der Waals surface area contributed by atoms with Crippen molar-refractivity contribution in [3.8, 4) is 0 Å². The summed E-state index contributed by atoms with van der Waals surface area (Å²) in [6.45, 7) is 12.0. The number of carbonyl (C=O) groups is 5. The number of ketones is 1. The van der Waals surface area contributed by atoms with E-state index in [1.807, 2.05) is 41.5 Å². The van der Waals surface area contributed by atoms with Crippen LogP contribution in [-0.4, -0.2) is 76.4 Å². The zero-order chi connectivity index (χ0) is 32.6. The summed E-state index contributed by atoms with van der Waals surface area (Å²) >= 11 is 5.90. The van der Waals surface area contributed by atoms with Crippen LogP contribution >= 0.6 is 11.6 Å². The SMILES string of the molecule is C[C@@H]1CN(C(=O)[C@@H](NC(=O)c2cc3c(F)cccc3[nH]2)C(C)(C)C)[C@H](C(=O)N[C@@H](C[C@@H]2CCCNC2=O)C(=O)CCl)C1(C)C. The van der Waals surface area contributed by atoms with E-state index in [-0.39, 0.29) is 41.8 Å². The molecule has 12 heteroatoms. The fourth-order valence-electron chi connectivity index (χ4n) is 6.23. The topological polar surface area (TPSA) is 140 Å². The van der Waals surface area contributed by atoms with Gasteiger partial charge in [0.2, 0.25) is 17.7 Å². The monoisotopic (exact) mass is 631 g/mol. The van der Waals surface area contributed by atoms with Gasteiger partial charge in [-0.3, -0.25) is 24.0 Å². The summed E-state index contributed by atoms with van der Waals surface area (Å²) in [7, 11) is 0. The largest absolute Gasteiger partial charge is 0.356 e. The molecule has 2 aliphatic rings. The van der Waals surface area contributed by atoms with E-state index in [0.717, 1.165) is 6.42 Å². The number of nitrogens with zero attached hydrogens (tertiary/aromatic N) is 1. The number of halogens is 2. The number of benzene rings is 1. The smallest absolute Gasteiger partial charge is 0.268 e. The van der Waals surface area contributed by atoms with Crippen LogP contribution in [0.15, 0.2) is 24.3 Å². The Morgan fingerprint density at radius 2 is 1.89 bits per heavy atom. The van der Waals surface area contributed by atoms with E-state index in [4.69, 9.17) is 11.6 Å². The number of likely N-dealkylation sites (tertiary alicyclic amines) is 1. The van der Waals surface area contributed by atoms with Gasteiger partial charge < -0.3 is 25.8 Å². The summed E-state index contributed by atoms with van der Waals surface area (Å²) in [4.78, 5) is 71.3. The molecule has 2 fully saturated rings. The number of fused-ring (bicyclic) bond motifs is 1. The van der Waals surface area contributed by atoms with Crippen molar-refractivity contribution in [1.29, 1.82) is 0 Å². The second kappa shape index (κ2) is 12.9. The Morgan fingerprint density at radius 3 is 2.50 bits per heavy atom. The molecule has 10 nitrogen and oxygen atoms in total. The van der Waals surface area contributed by atoms with Gasteiger partial charge in [0.25, 0.3) is 5.91 Å². The number of amides is 4. The van der Waals surface area contributed by atoms with Crippen LogP contribution < -0.4 is 16.0 Å². The third-order valence-corrected chi connectivity index (χ3v) is 9.55. The van der Waals surface area contributed by atoms with E-state index in [9.17, 15) is 28.4 Å². The van der Waals surface area contributed by atoms with Crippen LogP contribution in [0.3, 0.4) is 0 Å². The molecule has 0 bridgehead atoms. The van der Waals surface area contributed by atoms with Gasteiger partial charge in [-0.1, -0.05) is 47.6 Å². The molecule has 3 heterocycles. The molecule has 44 heavy (non-hydrogen) atoms. The molecule has 0 unspecified atom stereocenters. The first-order chi connectivity index (χ1) is 20.6. The van der Waals surface area contributed by atoms with Gasteiger partial charge in [0.15, 0.2) is 5.78 Å². The number of rotatable bonds is 9. The van der Waals surface area contributed by atoms with Crippen molar-refractivity contribution in [2.45, 2.75) is 78.9 Å². The van der Waals surface area contributed by atoms with Crippen LogP contribution in [0.2, 0.25) is 0 Å². The van der Waals surface area contributed by atoms with Gasteiger partial charge in [0.1, 0.15) is 23.6 Å². The number of hydrogen-bond donors (Lipinski definition) is 4. The predicted octanol–water partition coefficient (Wildman–Crippen LogP) is 3.53. The quantitative estimate of drug-likeness (QED) is 0.314. The fraction of sp³-hybridized carbons (Fsp3) is 0.594. The Kier molecular flexibility index (Phi) is 9.78. The molecule has 0 saturated carbocycles. The molecule has 2 aliphatic heterocycles. The maximum Gasteiger partial charge on any atom is 0.268 e. The molecule has 4 N–H and O–H groups in total. The van der Waals surface area contributed by atoms with Crippen LogP contribution in [0.1, 0.15) is 71.3 Å². The van der Waals surface area contributed by atoms with Gasteiger partial charge in [-0.05, 0) is 54.2 Å². The first kappa shape index (κ1) is 33.4. The van der Waals surface area contributed by atoms with Crippen LogP contribution in [0.25, 0.3) is 10.9 Å². The number of hydrogen-bond acceptors (Lipinski definition) is 5. The summed E-state index contributed by atoms with van der Waals surface area (Å²) in [6.07, 6.45) is 1.49. The van der Waals surface area contributed by atoms with E-state index >= 15 is 0 Å². The highest BCUT2D eigenvalue weighted by atomic mass is 35.5. The second-order valence-corrected chi connectivity index (χ2v) is 14.1. The Labute approximate surface area is 262 Å². The zero-order valence-electron chi connectivity index (χ0n) is 26.2. The van der Waals surface area contributed by atoms with Crippen molar-refractivity contribution in [2.75, 3.05) is 19.0 Å². The van der Waals surface area contributed by atoms with Crippen molar-refractivity contribution in [3.05, 3.63) is 35.8 Å². The third-order valence-electron chi connectivity index (χ3n) is 9.29. The van der Waals surface area contributed by atoms with E-state index in [2.05, 4.69) is 20.9 Å². The number of H-pyrrole nitrogens is 1. The van der Waals surface area contributed by atoms with Crippen LogP contribution in [0.5, 0.6) is 0 Å². The molecule has 0 radical (unpaired) electrons. The summed E-state index contributed by atoms with van der Waals surface area (Å²) in [5, 5.41) is 8.72.